The summed E-state index contributed by atoms with van der Waals surface area (Å²) in [6.45, 7) is 7.97. The summed E-state index contributed by atoms with van der Waals surface area (Å²) < 4.78 is 16.5. The van der Waals surface area contributed by atoms with E-state index in [-0.39, 0.29) is 17.5 Å². The van der Waals surface area contributed by atoms with Gasteiger partial charge in [-0.1, -0.05) is 6.07 Å². The first-order valence-corrected chi connectivity index (χ1v) is 13.4. The molecule has 28 heavy (non-hydrogen) atoms. The van der Waals surface area contributed by atoms with Gasteiger partial charge in [0.05, 0.1) is 0 Å². The summed E-state index contributed by atoms with van der Waals surface area (Å²) in [5.74, 6) is 1.09. The number of fused-ring (bicyclic) bond motifs is 1. The number of rotatable bonds is 8. The third-order valence-corrected chi connectivity index (χ3v) is 9.44. The molecule has 150 valence electrons. The SMILES string of the molecule is CC(C)(C)[C@H](/C=C/[C@@H]1[C@H]2CC(=O)O[C@H]2C[C@H]1PPB=O)CCc1ccccc1. The number of ether oxygens (including phenoxy) is 1. The zero-order valence-corrected chi connectivity index (χ0v) is 19.1. The first-order valence-electron chi connectivity index (χ1n) is 10.2. The van der Waals surface area contributed by atoms with Gasteiger partial charge in [0, 0.05) is 0 Å². The van der Waals surface area contributed by atoms with Gasteiger partial charge in [0.25, 0.3) is 0 Å². The quantitative estimate of drug-likeness (QED) is 0.247. The summed E-state index contributed by atoms with van der Waals surface area (Å²) in [5, 5.41) is 0. The molecular formula is C22H31BO3P2. The topological polar surface area (TPSA) is 43.4 Å². The minimum absolute atomic E-state index is 0.0514. The van der Waals surface area contributed by atoms with Gasteiger partial charge in [0.2, 0.25) is 0 Å². The Kier molecular flexibility index (Phi) is 7.63. The minimum atomic E-state index is -0.0514. The van der Waals surface area contributed by atoms with Gasteiger partial charge in [-0.05, 0) is 0 Å². The van der Waals surface area contributed by atoms with Crippen LogP contribution in [0.4, 0.5) is 0 Å². The van der Waals surface area contributed by atoms with E-state index in [4.69, 9.17) is 4.74 Å². The van der Waals surface area contributed by atoms with Crippen LogP contribution in [0.3, 0.4) is 0 Å². The van der Waals surface area contributed by atoms with Crippen LogP contribution in [0, 0.1) is 23.2 Å². The standard InChI is InChI=1S/C22H31BO3P2/c1-22(2,3)16(10-9-15-7-5-4-6-8-15)11-12-17-18-13-21(24)26-19(18)14-20(17)27-28-23-25/h4-8,11-12,16-20,27-28H,9-10,13-14H2,1-3H3/b12-11+/t16-,17+,18+,19-,20+/m0/s1. The van der Waals surface area contributed by atoms with E-state index in [1.54, 1.807) is 0 Å². The number of esters is 1. The molecule has 2 unspecified atom stereocenters. The van der Waals surface area contributed by atoms with Crippen LogP contribution in [-0.4, -0.2) is 24.6 Å². The summed E-state index contributed by atoms with van der Waals surface area (Å²) in [6.07, 6.45) is 8.49. The van der Waals surface area contributed by atoms with Crippen LogP contribution in [0.15, 0.2) is 42.5 Å². The van der Waals surface area contributed by atoms with Crippen molar-refractivity contribution >= 4 is 29.3 Å². The second-order valence-corrected chi connectivity index (χ2v) is 12.4. The van der Waals surface area contributed by atoms with Crippen LogP contribution >= 0.6 is 16.4 Å². The zero-order valence-electron chi connectivity index (χ0n) is 17.1. The van der Waals surface area contributed by atoms with Crippen LogP contribution in [0.1, 0.15) is 45.6 Å². The number of allylic oxidation sites excluding steroid dienone is 2. The van der Waals surface area contributed by atoms with E-state index >= 15 is 0 Å². The van der Waals surface area contributed by atoms with Gasteiger partial charge < -0.3 is 0 Å². The van der Waals surface area contributed by atoms with Crippen molar-refractivity contribution in [2.75, 3.05) is 0 Å². The summed E-state index contributed by atoms with van der Waals surface area (Å²) in [7, 11) is 1.03. The Morgan fingerprint density at radius 2 is 2.04 bits per heavy atom. The van der Waals surface area contributed by atoms with E-state index in [0.717, 1.165) is 26.1 Å². The summed E-state index contributed by atoms with van der Waals surface area (Å²) in [4.78, 5) is 11.8. The third-order valence-electron chi connectivity index (χ3n) is 6.20. The predicted octanol–water partition coefficient (Wildman–Crippen LogP) is 5.39. The first-order chi connectivity index (χ1) is 13.4. The third kappa shape index (κ3) is 5.61. The second-order valence-electron chi connectivity index (χ2n) is 9.10. The molecule has 6 heteroatoms. The Labute approximate surface area is 173 Å². The van der Waals surface area contributed by atoms with Crippen molar-refractivity contribution in [1.82, 2.24) is 0 Å². The van der Waals surface area contributed by atoms with Crippen molar-refractivity contribution in [2.45, 2.75) is 58.2 Å². The maximum atomic E-state index is 11.8. The molecule has 3 rings (SSSR count). The molecule has 2 fully saturated rings. The Morgan fingerprint density at radius 1 is 1.29 bits per heavy atom. The molecule has 1 saturated heterocycles. The monoisotopic (exact) mass is 416 g/mol. The molecule has 7 atom stereocenters. The predicted molar refractivity (Wildman–Crippen MR) is 120 cm³/mol. The molecular weight excluding hydrogens is 385 g/mol. The molecule has 0 aromatic heterocycles. The van der Waals surface area contributed by atoms with Crippen molar-refractivity contribution in [2.24, 2.45) is 23.2 Å². The molecule has 0 spiro atoms. The van der Waals surface area contributed by atoms with E-state index in [1.807, 2.05) is 0 Å². The molecule has 3 nitrogen and oxygen atoms in total. The van der Waals surface area contributed by atoms with E-state index in [9.17, 15) is 9.50 Å². The Hall–Kier alpha value is -0.845. The molecule has 1 aliphatic heterocycles. The van der Waals surface area contributed by atoms with E-state index in [0.29, 0.717) is 46.3 Å². The van der Waals surface area contributed by atoms with E-state index < -0.39 is 0 Å². The molecule has 0 radical (unpaired) electrons. The number of carbonyl (C=O) groups excluding carboxylic acids is 1. The van der Waals surface area contributed by atoms with Crippen molar-refractivity contribution in [1.29, 1.82) is 0 Å². The van der Waals surface area contributed by atoms with Crippen LogP contribution in [0.2, 0.25) is 0 Å². The molecule has 0 amide bonds. The molecule has 1 heterocycles. The molecule has 0 N–H and O–H groups in total. The first kappa shape index (κ1) is 21.9. The maximum absolute atomic E-state index is 11.8. The molecule has 0 bridgehead atoms. The Balaban J connectivity index is 1.71. The average Bonchev–Trinajstić information content (AvgIpc) is 3.15. The van der Waals surface area contributed by atoms with Crippen LogP contribution in [0.25, 0.3) is 0 Å². The number of hydrogen-bond donors (Lipinski definition) is 0. The van der Waals surface area contributed by atoms with Crippen molar-refractivity contribution in [3.05, 3.63) is 48.0 Å². The fourth-order valence-electron chi connectivity index (χ4n) is 4.56. The fourth-order valence-corrected chi connectivity index (χ4v) is 7.52. The fraction of sp³-hybridized carbons (Fsp3) is 0.591. The zero-order chi connectivity index (χ0) is 20.1. The van der Waals surface area contributed by atoms with Crippen molar-refractivity contribution in [3.63, 3.8) is 0 Å². The second kappa shape index (κ2) is 9.77. The van der Waals surface area contributed by atoms with Gasteiger partial charge in [-0.2, -0.15) is 0 Å². The van der Waals surface area contributed by atoms with Crippen LogP contribution in [-0.2, 0) is 20.7 Å². The van der Waals surface area contributed by atoms with E-state index in [2.05, 4.69) is 63.3 Å². The van der Waals surface area contributed by atoms with Gasteiger partial charge >= 0.3 is 167 Å². The molecule has 1 aliphatic carbocycles. The Bertz CT molecular complexity index is 701. The van der Waals surface area contributed by atoms with Gasteiger partial charge in [-0.25, -0.2) is 0 Å². The molecule has 1 aromatic rings. The van der Waals surface area contributed by atoms with Gasteiger partial charge in [0.1, 0.15) is 0 Å². The number of benzene rings is 1. The summed E-state index contributed by atoms with van der Waals surface area (Å²) in [6, 6.07) is 10.7. The van der Waals surface area contributed by atoms with E-state index in [1.165, 1.54) is 5.56 Å². The van der Waals surface area contributed by atoms with Gasteiger partial charge in [-0.3, -0.25) is 0 Å². The van der Waals surface area contributed by atoms with Gasteiger partial charge in [0.15, 0.2) is 0 Å². The number of carbonyl (C=O) groups is 1. The molecule has 2 aliphatic rings. The van der Waals surface area contributed by atoms with Crippen molar-refractivity contribution < 1.29 is 14.2 Å². The molecule has 1 saturated carbocycles. The van der Waals surface area contributed by atoms with Gasteiger partial charge in [-0.15, -0.1) is 0 Å². The summed E-state index contributed by atoms with van der Waals surface area (Å²) >= 11 is 0. The normalized spacial score (nSPS) is 29.0. The number of aryl methyl sites for hydroxylation is 1. The Morgan fingerprint density at radius 3 is 2.71 bits per heavy atom. The average molecular weight is 416 g/mol. The molecule has 1 aromatic carbocycles. The van der Waals surface area contributed by atoms with Crippen LogP contribution < -0.4 is 0 Å². The summed E-state index contributed by atoms with van der Waals surface area (Å²) in [5.41, 5.74) is 2.05. The van der Waals surface area contributed by atoms with Crippen molar-refractivity contribution in [3.8, 4) is 0 Å². The van der Waals surface area contributed by atoms with Crippen LogP contribution in [0.5, 0.6) is 0 Å². The number of hydrogen-bond acceptors (Lipinski definition) is 3.